The van der Waals surface area contributed by atoms with E-state index in [4.69, 9.17) is 0 Å². The first kappa shape index (κ1) is 8.47. The molecule has 0 aromatic rings. The Morgan fingerprint density at radius 3 is 2.33 bits per heavy atom. The molecule has 0 radical (unpaired) electrons. The van der Waals surface area contributed by atoms with E-state index in [2.05, 4.69) is 10.3 Å². The lowest BCUT2D eigenvalue weighted by Crippen LogP contribution is -2.26. The first-order chi connectivity index (χ1) is 4.39. The van der Waals surface area contributed by atoms with E-state index in [1.165, 1.54) is 6.42 Å². The first-order valence-corrected chi connectivity index (χ1v) is 3.64. The maximum Gasteiger partial charge on any atom is 0.0931 e. The van der Waals surface area contributed by atoms with Gasteiger partial charge < -0.3 is 5.32 Å². The Labute approximate surface area is 57.4 Å². The molecule has 2 nitrogen and oxygen atoms in total. The molecule has 0 aliphatic carbocycles. The lowest BCUT2D eigenvalue weighted by Gasteiger charge is -2.08. The van der Waals surface area contributed by atoms with Gasteiger partial charge in [-0.15, -0.1) is 0 Å². The van der Waals surface area contributed by atoms with Crippen LogP contribution in [0.5, 0.6) is 0 Å². The minimum absolute atomic E-state index is 1.01. The highest BCUT2D eigenvalue weighted by molar-refractivity contribution is 5.79. The van der Waals surface area contributed by atoms with Gasteiger partial charge in [-0.2, -0.15) is 0 Å². The normalized spacial score (nSPS) is 16.6. The summed E-state index contributed by atoms with van der Waals surface area (Å²) in [5.74, 6) is 1.09. The topological polar surface area (TPSA) is 24.4 Å². The molecule has 2 heteroatoms. The molecule has 0 unspecified atom stereocenters. The third-order valence-corrected chi connectivity index (χ3v) is 1.06. The Morgan fingerprint density at radius 2 is 2.11 bits per heavy atom. The van der Waals surface area contributed by atoms with Gasteiger partial charge in [-0.1, -0.05) is 13.8 Å². The summed E-state index contributed by atoms with van der Waals surface area (Å²) in [6, 6.07) is 0. The molecular weight excluding hydrogens is 112 g/mol. The molecule has 1 rings (SSSR count). The van der Waals surface area contributed by atoms with E-state index >= 15 is 0 Å². The van der Waals surface area contributed by atoms with E-state index in [0.717, 1.165) is 18.9 Å². The number of nitrogens with zero attached hydrogens (tertiary/aromatic N) is 1. The Hall–Kier alpha value is -0.530. The van der Waals surface area contributed by atoms with Gasteiger partial charge in [-0.25, -0.2) is 0 Å². The summed E-state index contributed by atoms with van der Waals surface area (Å²) in [5, 5.41) is 3.13. The van der Waals surface area contributed by atoms with E-state index in [-0.39, 0.29) is 0 Å². The molecule has 1 N–H and O–H groups in total. The molecule has 0 bridgehead atoms. The van der Waals surface area contributed by atoms with Gasteiger partial charge in [0.15, 0.2) is 0 Å². The van der Waals surface area contributed by atoms with Crippen molar-refractivity contribution in [2.24, 2.45) is 4.99 Å². The SMILES string of the molecule is CC.CC1=NCCCN1. The fourth-order valence-electron chi connectivity index (χ4n) is 0.651. The average Bonchev–Trinajstić information content (AvgIpc) is 1.94. The zero-order chi connectivity index (χ0) is 7.11. The molecule has 0 aromatic carbocycles. The van der Waals surface area contributed by atoms with Crippen LogP contribution in [0.2, 0.25) is 0 Å². The van der Waals surface area contributed by atoms with Crippen molar-refractivity contribution < 1.29 is 0 Å². The Bertz CT molecular complexity index is 86.9. The highest BCUT2D eigenvalue weighted by Gasteiger charge is 1.94. The van der Waals surface area contributed by atoms with E-state index in [9.17, 15) is 0 Å². The third-order valence-electron chi connectivity index (χ3n) is 1.06. The Balaban J connectivity index is 0.000000291. The van der Waals surface area contributed by atoms with Crippen LogP contribution >= 0.6 is 0 Å². The lowest BCUT2D eigenvalue weighted by molar-refractivity contribution is 0.739. The number of aliphatic imine (C=N–C) groups is 1. The van der Waals surface area contributed by atoms with Crippen molar-refractivity contribution in [3.63, 3.8) is 0 Å². The molecule has 1 heterocycles. The second-order valence-corrected chi connectivity index (χ2v) is 1.75. The van der Waals surface area contributed by atoms with Crippen molar-refractivity contribution in [2.75, 3.05) is 13.1 Å². The molecule has 0 atom stereocenters. The molecule has 0 spiro atoms. The summed E-state index contributed by atoms with van der Waals surface area (Å²) < 4.78 is 0. The molecule has 0 amide bonds. The average molecular weight is 128 g/mol. The summed E-state index contributed by atoms with van der Waals surface area (Å²) in [7, 11) is 0. The largest absolute Gasteiger partial charge is 0.374 e. The fourth-order valence-corrected chi connectivity index (χ4v) is 0.651. The first-order valence-electron chi connectivity index (χ1n) is 3.64. The summed E-state index contributed by atoms with van der Waals surface area (Å²) in [5.41, 5.74) is 0. The van der Waals surface area contributed by atoms with Gasteiger partial charge in [0.1, 0.15) is 0 Å². The minimum Gasteiger partial charge on any atom is -0.374 e. The van der Waals surface area contributed by atoms with Crippen LogP contribution < -0.4 is 5.32 Å². The smallest absolute Gasteiger partial charge is 0.0931 e. The standard InChI is InChI=1S/C5H10N2.C2H6/c1-5-6-3-2-4-7-5;1-2/h2-4H2,1H3,(H,6,7);1-2H3. The van der Waals surface area contributed by atoms with Crippen molar-refractivity contribution in [3.8, 4) is 0 Å². The second-order valence-electron chi connectivity index (χ2n) is 1.75. The maximum atomic E-state index is 4.14. The molecule has 1 aliphatic rings. The number of nitrogens with one attached hydrogen (secondary N) is 1. The number of hydrogen-bond donors (Lipinski definition) is 1. The van der Waals surface area contributed by atoms with Crippen LogP contribution in [0.1, 0.15) is 27.2 Å². The van der Waals surface area contributed by atoms with Crippen molar-refractivity contribution >= 4 is 5.84 Å². The van der Waals surface area contributed by atoms with Gasteiger partial charge >= 0.3 is 0 Å². The molecular formula is C7H16N2. The Kier molecular flexibility index (Phi) is 5.27. The Morgan fingerprint density at radius 1 is 1.44 bits per heavy atom. The number of amidine groups is 1. The monoisotopic (exact) mass is 128 g/mol. The predicted molar refractivity (Wildman–Crippen MR) is 41.9 cm³/mol. The van der Waals surface area contributed by atoms with Crippen molar-refractivity contribution in [1.82, 2.24) is 5.32 Å². The fraction of sp³-hybridized carbons (Fsp3) is 0.857. The van der Waals surface area contributed by atoms with Gasteiger partial charge in [-0.05, 0) is 13.3 Å². The predicted octanol–water partition coefficient (Wildman–Crippen LogP) is 1.42. The van der Waals surface area contributed by atoms with Crippen LogP contribution in [0.15, 0.2) is 4.99 Å². The van der Waals surface area contributed by atoms with Gasteiger partial charge in [-0.3, -0.25) is 4.99 Å². The van der Waals surface area contributed by atoms with Gasteiger partial charge in [0.25, 0.3) is 0 Å². The zero-order valence-electron chi connectivity index (χ0n) is 6.57. The van der Waals surface area contributed by atoms with Crippen LogP contribution in [-0.4, -0.2) is 18.9 Å². The maximum absolute atomic E-state index is 4.14. The molecule has 0 fully saturated rings. The van der Waals surface area contributed by atoms with Crippen molar-refractivity contribution in [3.05, 3.63) is 0 Å². The van der Waals surface area contributed by atoms with Crippen molar-refractivity contribution in [1.29, 1.82) is 0 Å². The third kappa shape index (κ3) is 4.01. The minimum atomic E-state index is 1.01. The molecule has 0 saturated carbocycles. The molecule has 9 heavy (non-hydrogen) atoms. The highest BCUT2D eigenvalue weighted by Crippen LogP contribution is 1.86. The van der Waals surface area contributed by atoms with Gasteiger partial charge in [0, 0.05) is 13.1 Å². The number of rotatable bonds is 0. The van der Waals surface area contributed by atoms with Crippen LogP contribution in [0.4, 0.5) is 0 Å². The number of hydrogen-bond acceptors (Lipinski definition) is 2. The van der Waals surface area contributed by atoms with Gasteiger partial charge in [0.05, 0.1) is 5.84 Å². The molecule has 54 valence electrons. The zero-order valence-corrected chi connectivity index (χ0v) is 6.57. The van der Waals surface area contributed by atoms with E-state index in [1.54, 1.807) is 0 Å². The van der Waals surface area contributed by atoms with Gasteiger partial charge in [0.2, 0.25) is 0 Å². The van der Waals surface area contributed by atoms with Crippen molar-refractivity contribution in [2.45, 2.75) is 27.2 Å². The molecule has 0 saturated heterocycles. The lowest BCUT2D eigenvalue weighted by atomic mass is 10.4. The van der Waals surface area contributed by atoms with Crippen LogP contribution in [0.3, 0.4) is 0 Å². The molecule has 1 aliphatic heterocycles. The summed E-state index contributed by atoms with van der Waals surface area (Å²) in [6.07, 6.45) is 1.19. The van der Waals surface area contributed by atoms with E-state index in [1.807, 2.05) is 20.8 Å². The molecule has 0 aromatic heterocycles. The summed E-state index contributed by atoms with van der Waals surface area (Å²) >= 11 is 0. The summed E-state index contributed by atoms with van der Waals surface area (Å²) in [4.78, 5) is 4.14. The quantitative estimate of drug-likeness (QED) is 0.524. The van der Waals surface area contributed by atoms with E-state index < -0.39 is 0 Å². The second kappa shape index (κ2) is 5.60. The summed E-state index contributed by atoms with van der Waals surface area (Å²) in [6.45, 7) is 8.12. The highest BCUT2D eigenvalue weighted by atomic mass is 15.0. The van der Waals surface area contributed by atoms with Crippen LogP contribution in [0, 0.1) is 0 Å². The van der Waals surface area contributed by atoms with E-state index in [0.29, 0.717) is 0 Å². The van der Waals surface area contributed by atoms with Crippen LogP contribution in [-0.2, 0) is 0 Å². The van der Waals surface area contributed by atoms with Crippen LogP contribution in [0.25, 0.3) is 0 Å².